The molecule has 3 nitrogen and oxygen atoms in total. The number of amides is 2. The van der Waals surface area contributed by atoms with Gasteiger partial charge in [-0.1, -0.05) is 12.1 Å². The summed E-state index contributed by atoms with van der Waals surface area (Å²) in [5.41, 5.74) is 0.755. The third-order valence-electron chi connectivity index (χ3n) is 2.09. The van der Waals surface area contributed by atoms with Crippen molar-refractivity contribution in [3.63, 3.8) is 0 Å². The zero-order valence-corrected chi connectivity index (χ0v) is 9.12. The molecule has 1 N–H and O–H groups in total. The topological polar surface area (TPSA) is 32.3 Å². The molecule has 0 heterocycles. The van der Waals surface area contributed by atoms with Gasteiger partial charge in [0.25, 0.3) is 0 Å². The largest absolute Gasteiger partial charge is 0.331 e. The molecule has 0 saturated carbocycles. The lowest BCUT2D eigenvalue weighted by molar-refractivity contribution is 0.214. The van der Waals surface area contributed by atoms with Crippen LogP contribution in [0.2, 0.25) is 0 Å². The molecule has 0 aliphatic rings. The highest BCUT2D eigenvalue weighted by Gasteiger charge is 2.10. The highest BCUT2D eigenvalue weighted by Crippen LogP contribution is 2.13. The van der Waals surface area contributed by atoms with Crippen LogP contribution in [0.1, 0.15) is 18.5 Å². The Hall–Kier alpha value is -1.58. The van der Waals surface area contributed by atoms with Crippen molar-refractivity contribution >= 4 is 6.03 Å². The molecule has 82 valence electrons. The monoisotopic (exact) mass is 210 g/mol. The van der Waals surface area contributed by atoms with Gasteiger partial charge in [-0.2, -0.15) is 0 Å². The van der Waals surface area contributed by atoms with Crippen LogP contribution in [0.25, 0.3) is 0 Å². The van der Waals surface area contributed by atoms with Gasteiger partial charge in [0.2, 0.25) is 0 Å². The summed E-state index contributed by atoms with van der Waals surface area (Å²) in [5.74, 6) is -0.293. The standard InChI is InChI=1S/C11H15FN2O/c1-8(13-11(15)14(2)3)9-5-4-6-10(12)7-9/h4-8H,1-3H3,(H,13,15). The first-order valence-corrected chi connectivity index (χ1v) is 4.74. The second kappa shape index (κ2) is 4.77. The predicted molar refractivity (Wildman–Crippen MR) is 57.0 cm³/mol. The van der Waals surface area contributed by atoms with E-state index in [4.69, 9.17) is 0 Å². The summed E-state index contributed by atoms with van der Waals surface area (Å²) in [6.45, 7) is 1.82. The zero-order valence-electron chi connectivity index (χ0n) is 9.12. The van der Waals surface area contributed by atoms with E-state index in [1.807, 2.05) is 6.92 Å². The maximum atomic E-state index is 12.9. The second-order valence-electron chi connectivity index (χ2n) is 3.62. The molecule has 0 radical (unpaired) electrons. The summed E-state index contributed by atoms with van der Waals surface area (Å²) in [6.07, 6.45) is 0. The van der Waals surface area contributed by atoms with Gasteiger partial charge in [-0.15, -0.1) is 0 Å². The van der Waals surface area contributed by atoms with Crippen molar-refractivity contribution in [1.29, 1.82) is 0 Å². The van der Waals surface area contributed by atoms with Gasteiger partial charge in [-0.25, -0.2) is 9.18 Å². The van der Waals surface area contributed by atoms with Crippen molar-refractivity contribution in [3.05, 3.63) is 35.6 Å². The van der Waals surface area contributed by atoms with Gasteiger partial charge in [0.15, 0.2) is 0 Å². The van der Waals surface area contributed by atoms with Crippen LogP contribution in [0.5, 0.6) is 0 Å². The molecular weight excluding hydrogens is 195 g/mol. The average molecular weight is 210 g/mol. The van der Waals surface area contributed by atoms with E-state index in [9.17, 15) is 9.18 Å². The molecule has 4 heteroatoms. The van der Waals surface area contributed by atoms with Crippen molar-refractivity contribution in [2.75, 3.05) is 14.1 Å². The van der Waals surface area contributed by atoms with Crippen LogP contribution in [-0.4, -0.2) is 25.0 Å². The van der Waals surface area contributed by atoms with Crippen molar-refractivity contribution in [2.45, 2.75) is 13.0 Å². The SMILES string of the molecule is CC(NC(=O)N(C)C)c1cccc(F)c1. The molecule has 0 saturated heterocycles. The van der Waals surface area contributed by atoms with Crippen LogP contribution in [-0.2, 0) is 0 Å². The number of halogens is 1. The van der Waals surface area contributed by atoms with E-state index in [1.165, 1.54) is 17.0 Å². The third-order valence-corrected chi connectivity index (χ3v) is 2.09. The smallest absolute Gasteiger partial charge is 0.317 e. The molecule has 1 atom stereocenters. The van der Waals surface area contributed by atoms with Crippen LogP contribution in [0.3, 0.4) is 0 Å². The zero-order chi connectivity index (χ0) is 11.4. The minimum atomic E-state index is -0.293. The van der Waals surface area contributed by atoms with Crippen LogP contribution >= 0.6 is 0 Å². The van der Waals surface area contributed by atoms with Crippen molar-refractivity contribution < 1.29 is 9.18 Å². The van der Waals surface area contributed by atoms with Gasteiger partial charge < -0.3 is 10.2 Å². The fourth-order valence-electron chi connectivity index (χ4n) is 1.17. The van der Waals surface area contributed by atoms with Crippen molar-refractivity contribution in [3.8, 4) is 0 Å². The van der Waals surface area contributed by atoms with E-state index in [0.717, 1.165) is 5.56 Å². The number of carbonyl (C=O) groups excluding carboxylic acids is 1. The minimum absolute atomic E-state index is 0.188. The van der Waals surface area contributed by atoms with Crippen molar-refractivity contribution in [2.24, 2.45) is 0 Å². The highest BCUT2D eigenvalue weighted by atomic mass is 19.1. The van der Waals surface area contributed by atoms with E-state index in [-0.39, 0.29) is 17.9 Å². The molecule has 0 aromatic heterocycles. The Bertz CT molecular complexity index is 352. The summed E-state index contributed by atoms with van der Waals surface area (Å²) in [5, 5.41) is 2.74. The number of carbonyl (C=O) groups is 1. The number of hydrogen-bond acceptors (Lipinski definition) is 1. The van der Waals surface area contributed by atoms with Crippen molar-refractivity contribution in [1.82, 2.24) is 10.2 Å². The van der Waals surface area contributed by atoms with Crippen LogP contribution in [0.15, 0.2) is 24.3 Å². The molecule has 2 amide bonds. The number of hydrogen-bond donors (Lipinski definition) is 1. The first-order chi connectivity index (χ1) is 7.00. The lowest BCUT2D eigenvalue weighted by Crippen LogP contribution is -2.36. The Balaban J connectivity index is 2.69. The maximum absolute atomic E-state index is 12.9. The molecule has 15 heavy (non-hydrogen) atoms. The van der Waals surface area contributed by atoms with Crippen LogP contribution < -0.4 is 5.32 Å². The van der Waals surface area contributed by atoms with Gasteiger partial charge in [0, 0.05) is 14.1 Å². The Morgan fingerprint density at radius 3 is 2.67 bits per heavy atom. The molecule has 0 aliphatic heterocycles. The molecule has 0 spiro atoms. The lowest BCUT2D eigenvalue weighted by atomic mass is 10.1. The molecule has 0 aliphatic carbocycles. The van der Waals surface area contributed by atoms with Crippen LogP contribution in [0, 0.1) is 5.82 Å². The lowest BCUT2D eigenvalue weighted by Gasteiger charge is -2.18. The molecule has 1 aromatic rings. The Morgan fingerprint density at radius 1 is 1.47 bits per heavy atom. The van der Waals surface area contributed by atoms with Gasteiger partial charge in [0.1, 0.15) is 5.82 Å². The number of benzene rings is 1. The summed E-state index contributed by atoms with van der Waals surface area (Å²) in [7, 11) is 3.32. The van der Waals surface area contributed by atoms with Crippen LogP contribution in [0.4, 0.5) is 9.18 Å². The molecule has 0 fully saturated rings. The normalized spacial score (nSPS) is 12.0. The predicted octanol–water partition coefficient (Wildman–Crippen LogP) is 2.16. The van der Waals surface area contributed by atoms with Gasteiger partial charge in [-0.05, 0) is 24.6 Å². The molecule has 1 aromatic carbocycles. The minimum Gasteiger partial charge on any atom is -0.331 e. The number of rotatable bonds is 2. The van der Waals surface area contributed by atoms with E-state index in [0.29, 0.717) is 0 Å². The number of nitrogens with one attached hydrogen (secondary N) is 1. The van der Waals surface area contributed by atoms with Gasteiger partial charge in [-0.3, -0.25) is 0 Å². The van der Waals surface area contributed by atoms with E-state index in [2.05, 4.69) is 5.32 Å². The quantitative estimate of drug-likeness (QED) is 0.797. The fraction of sp³-hybridized carbons (Fsp3) is 0.364. The van der Waals surface area contributed by atoms with E-state index < -0.39 is 0 Å². The molecule has 1 rings (SSSR count). The average Bonchev–Trinajstić information content (AvgIpc) is 2.17. The third kappa shape index (κ3) is 3.23. The first kappa shape index (κ1) is 11.5. The molecule has 1 unspecified atom stereocenters. The van der Waals surface area contributed by atoms with Gasteiger partial charge >= 0.3 is 6.03 Å². The number of urea groups is 1. The summed E-state index contributed by atoms with van der Waals surface area (Å²) in [6, 6.07) is 5.82. The van der Waals surface area contributed by atoms with Gasteiger partial charge in [0.05, 0.1) is 6.04 Å². The summed E-state index contributed by atoms with van der Waals surface area (Å²) < 4.78 is 12.9. The van der Waals surface area contributed by atoms with E-state index >= 15 is 0 Å². The first-order valence-electron chi connectivity index (χ1n) is 4.74. The molecular formula is C11H15FN2O. The Labute approximate surface area is 88.9 Å². The fourth-order valence-corrected chi connectivity index (χ4v) is 1.17. The molecule has 0 bridgehead atoms. The maximum Gasteiger partial charge on any atom is 0.317 e. The highest BCUT2D eigenvalue weighted by molar-refractivity contribution is 5.73. The summed E-state index contributed by atoms with van der Waals surface area (Å²) >= 11 is 0. The number of nitrogens with zero attached hydrogens (tertiary/aromatic N) is 1. The Morgan fingerprint density at radius 2 is 2.13 bits per heavy atom. The second-order valence-corrected chi connectivity index (χ2v) is 3.62. The van der Waals surface area contributed by atoms with E-state index in [1.54, 1.807) is 26.2 Å². The Kier molecular flexibility index (Phi) is 3.66. The summed E-state index contributed by atoms with van der Waals surface area (Å²) in [4.78, 5) is 12.8.